The highest BCUT2D eigenvalue weighted by atomic mass is 79.9. The zero-order chi connectivity index (χ0) is 23.4. The van der Waals surface area contributed by atoms with E-state index in [0.717, 1.165) is 10.0 Å². The first kappa shape index (κ1) is 22.9. The Morgan fingerprint density at radius 1 is 1.03 bits per heavy atom. The Hall–Kier alpha value is -3.24. The van der Waals surface area contributed by atoms with E-state index >= 15 is 0 Å². The Morgan fingerprint density at radius 3 is 2.45 bits per heavy atom. The van der Waals surface area contributed by atoms with Crippen LogP contribution in [-0.2, 0) is 16.3 Å². The number of nitrogens with zero attached hydrogens (tertiary/aromatic N) is 1. The van der Waals surface area contributed by atoms with Crippen molar-refractivity contribution in [1.29, 1.82) is 0 Å². The number of methoxy groups -OCH3 is 2. The maximum Gasteiger partial charge on any atom is 0.266 e. The highest BCUT2D eigenvalue weighted by Crippen LogP contribution is 2.33. The van der Waals surface area contributed by atoms with Gasteiger partial charge in [-0.1, -0.05) is 22.0 Å². The average molecular weight is 533 g/mol. The summed E-state index contributed by atoms with van der Waals surface area (Å²) in [6, 6.07) is 15.3. The molecular weight excluding hydrogens is 512 g/mol. The molecule has 0 bridgehead atoms. The monoisotopic (exact) mass is 532 g/mol. The quantitative estimate of drug-likeness (QED) is 0.313. The van der Waals surface area contributed by atoms with Gasteiger partial charge < -0.3 is 23.6 Å². The summed E-state index contributed by atoms with van der Waals surface area (Å²) in [5, 5.41) is 2.86. The first-order valence-corrected chi connectivity index (χ1v) is 12.2. The molecule has 172 valence electrons. The van der Waals surface area contributed by atoms with Crippen molar-refractivity contribution >= 4 is 31.7 Å². The normalized spacial score (nSPS) is 11.4. The van der Waals surface area contributed by atoms with E-state index in [1.54, 1.807) is 38.5 Å². The first-order chi connectivity index (χ1) is 15.9. The Kier molecular flexibility index (Phi) is 6.75. The van der Waals surface area contributed by atoms with Crippen LogP contribution in [0.4, 0.5) is 5.88 Å². The number of benzene rings is 2. The fraction of sp³-hybridized carbons (Fsp3) is 0.174. The smallest absolute Gasteiger partial charge is 0.266 e. The zero-order valence-corrected chi connectivity index (χ0v) is 20.3. The number of aromatic nitrogens is 1. The van der Waals surface area contributed by atoms with Gasteiger partial charge in [-0.15, -0.1) is 0 Å². The number of nitrogens with one attached hydrogen (secondary N) is 1. The second-order valence-corrected chi connectivity index (χ2v) is 9.73. The van der Waals surface area contributed by atoms with Crippen LogP contribution in [0.15, 0.2) is 84.1 Å². The SMILES string of the molecule is COc1ccc(CCNc2oc(-c3ccco3)nc2S(=O)(=O)c2ccc(Br)cc2)cc1OC. The summed E-state index contributed by atoms with van der Waals surface area (Å²) in [6.07, 6.45) is 2.04. The fourth-order valence-corrected chi connectivity index (χ4v) is 4.73. The van der Waals surface area contributed by atoms with Crippen LogP contribution in [0.1, 0.15) is 5.56 Å². The number of oxazole rings is 1. The minimum absolute atomic E-state index is 0.0461. The van der Waals surface area contributed by atoms with Crippen LogP contribution in [0.3, 0.4) is 0 Å². The summed E-state index contributed by atoms with van der Waals surface area (Å²) in [5.41, 5.74) is 0.975. The molecule has 4 rings (SSSR count). The van der Waals surface area contributed by atoms with Crippen LogP contribution in [0, 0.1) is 0 Å². The lowest BCUT2D eigenvalue weighted by molar-refractivity contribution is 0.354. The maximum atomic E-state index is 13.3. The molecular formula is C23H21BrN2O6S. The minimum Gasteiger partial charge on any atom is -0.493 e. The second kappa shape index (κ2) is 9.72. The van der Waals surface area contributed by atoms with E-state index in [1.165, 1.54) is 18.4 Å². The first-order valence-electron chi connectivity index (χ1n) is 9.92. The number of halogens is 1. The van der Waals surface area contributed by atoms with E-state index in [0.29, 0.717) is 30.2 Å². The number of sulfone groups is 1. The molecule has 8 nitrogen and oxygen atoms in total. The molecule has 0 unspecified atom stereocenters. The predicted molar refractivity (Wildman–Crippen MR) is 126 cm³/mol. The van der Waals surface area contributed by atoms with E-state index in [9.17, 15) is 8.42 Å². The highest BCUT2D eigenvalue weighted by molar-refractivity contribution is 9.10. The fourth-order valence-electron chi connectivity index (χ4n) is 3.19. The molecule has 0 aliphatic heterocycles. The number of hydrogen-bond acceptors (Lipinski definition) is 8. The van der Waals surface area contributed by atoms with E-state index in [-0.39, 0.29) is 21.7 Å². The second-order valence-electron chi connectivity index (χ2n) is 6.95. The molecule has 0 atom stereocenters. The van der Waals surface area contributed by atoms with E-state index in [2.05, 4.69) is 26.2 Å². The Bertz CT molecular complexity index is 1330. The van der Waals surface area contributed by atoms with Crippen LogP contribution in [-0.4, -0.2) is 34.2 Å². The lowest BCUT2D eigenvalue weighted by Crippen LogP contribution is -2.10. The third-order valence-electron chi connectivity index (χ3n) is 4.85. The topological polar surface area (TPSA) is 104 Å². The van der Waals surface area contributed by atoms with Gasteiger partial charge in [0.2, 0.25) is 20.7 Å². The maximum absolute atomic E-state index is 13.3. The molecule has 0 saturated carbocycles. The van der Waals surface area contributed by atoms with Crippen molar-refractivity contribution < 1.29 is 26.7 Å². The molecule has 0 fully saturated rings. The summed E-state index contributed by atoms with van der Waals surface area (Å²) >= 11 is 3.32. The summed E-state index contributed by atoms with van der Waals surface area (Å²) in [4.78, 5) is 4.34. The molecule has 1 N–H and O–H groups in total. The molecule has 2 aromatic heterocycles. The summed E-state index contributed by atoms with van der Waals surface area (Å²) < 4.78 is 49.1. The van der Waals surface area contributed by atoms with Gasteiger partial charge in [-0.3, -0.25) is 0 Å². The molecule has 0 aliphatic carbocycles. The van der Waals surface area contributed by atoms with Crippen LogP contribution >= 0.6 is 15.9 Å². The summed E-state index contributed by atoms with van der Waals surface area (Å²) in [6.45, 7) is 0.394. The number of furan rings is 1. The molecule has 33 heavy (non-hydrogen) atoms. The molecule has 2 aromatic carbocycles. The highest BCUT2D eigenvalue weighted by Gasteiger charge is 2.29. The van der Waals surface area contributed by atoms with Gasteiger partial charge in [0.15, 0.2) is 17.3 Å². The van der Waals surface area contributed by atoms with Crippen molar-refractivity contribution in [2.45, 2.75) is 16.3 Å². The van der Waals surface area contributed by atoms with Crippen molar-refractivity contribution in [2.75, 3.05) is 26.1 Å². The Balaban J connectivity index is 1.61. The van der Waals surface area contributed by atoms with Crippen molar-refractivity contribution in [3.05, 3.63) is 70.9 Å². The Labute approximate surface area is 199 Å². The van der Waals surface area contributed by atoms with Crippen LogP contribution in [0.2, 0.25) is 0 Å². The number of ether oxygens (including phenoxy) is 2. The molecule has 0 spiro atoms. The van der Waals surface area contributed by atoms with Gasteiger partial charge in [0.1, 0.15) is 0 Å². The standard InChI is InChI=1S/C23H21BrN2O6S/c1-29-18-10-5-15(14-20(18)30-2)11-12-25-22-23(26-21(32-22)19-4-3-13-31-19)33(27,28)17-8-6-16(24)7-9-17/h3-10,13-14,25H,11-12H2,1-2H3. The number of rotatable bonds is 9. The van der Waals surface area contributed by atoms with E-state index in [4.69, 9.17) is 18.3 Å². The van der Waals surface area contributed by atoms with Gasteiger partial charge >= 0.3 is 0 Å². The lowest BCUT2D eigenvalue weighted by Gasteiger charge is -2.10. The molecule has 2 heterocycles. The van der Waals surface area contributed by atoms with Gasteiger partial charge in [0.05, 0.1) is 25.4 Å². The molecule has 0 radical (unpaired) electrons. The largest absolute Gasteiger partial charge is 0.493 e. The number of anilines is 1. The van der Waals surface area contributed by atoms with Gasteiger partial charge in [0, 0.05) is 11.0 Å². The summed E-state index contributed by atoms with van der Waals surface area (Å²) in [5.74, 6) is 1.70. The predicted octanol–water partition coefficient (Wildman–Crippen LogP) is 5.20. The van der Waals surface area contributed by atoms with Crippen molar-refractivity contribution in [3.8, 4) is 23.1 Å². The molecule has 4 aromatic rings. The van der Waals surface area contributed by atoms with Crippen LogP contribution in [0.25, 0.3) is 11.7 Å². The lowest BCUT2D eigenvalue weighted by atomic mass is 10.1. The molecule has 0 saturated heterocycles. The molecule has 0 aliphatic rings. The van der Waals surface area contributed by atoms with Gasteiger partial charge in [-0.05, 0) is 60.5 Å². The van der Waals surface area contributed by atoms with Gasteiger partial charge in [-0.25, -0.2) is 8.42 Å². The van der Waals surface area contributed by atoms with Gasteiger partial charge in [0.25, 0.3) is 5.89 Å². The Morgan fingerprint density at radius 2 is 1.79 bits per heavy atom. The van der Waals surface area contributed by atoms with E-state index in [1.807, 2.05) is 18.2 Å². The minimum atomic E-state index is -3.94. The third kappa shape index (κ3) is 4.91. The summed E-state index contributed by atoms with van der Waals surface area (Å²) in [7, 11) is -0.788. The molecule has 10 heteroatoms. The zero-order valence-electron chi connectivity index (χ0n) is 17.9. The van der Waals surface area contributed by atoms with Crippen LogP contribution < -0.4 is 14.8 Å². The third-order valence-corrected chi connectivity index (χ3v) is 7.06. The molecule has 0 amide bonds. The van der Waals surface area contributed by atoms with Crippen molar-refractivity contribution in [3.63, 3.8) is 0 Å². The van der Waals surface area contributed by atoms with Crippen molar-refractivity contribution in [2.24, 2.45) is 0 Å². The van der Waals surface area contributed by atoms with Gasteiger partial charge in [-0.2, -0.15) is 4.98 Å². The van der Waals surface area contributed by atoms with E-state index < -0.39 is 9.84 Å². The van der Waals surface area contributed by atoms with Crippen LogP contribution in [0.5, 0.6) is 11.5 Å². The average Bonchev–Trinajstić information content (AvgIpc) is 3.50. The number of hydrogen-bond donors (Lipinski definition) is 1. The van der Waals surface area contributed by atoms with Crippen molar-refractivity contribution in [1.82, 2.24) is 4.98 Å².